The number of aliphatic hydroxyl groups is 1. The Morgan fingerprint density at radius 3 is 2.70 bits per heavy atom. The maximum absolute atomic E-state index is 12.9. The summed E-state index contributed by atoms with van der Waals surface area (Å²) >= 11 is 0. The van der Waals surface area contributed by atoms with E-state index in [1.54, 1.807) is 23.0 Å². The molecule has 0 bridgehead atoms. The Labute approximate surface area is 135 Å². The van der Waals surface area contributed by atoms with E-state index in [2.05, 4.69) is 10.4 Å². The average Bonchev–Trinajstić information content (AvgIpc) is 2.91. The minimum Gasteiger partial charge on any atom is -0.388 e. The van der Waals surface area contributed by atoms with Gasteiger partial charge >= 0.3 is 0 Å². The van der Waals surface area contributed by atoms with E-state index < -0.39 is 6.10 Å². The van der Waals surface area contributed by atoms with Gasteiger partial charge in [0.05, 0.1) is 12.3 Å². The molecule has 2 aromatic rings. The largest absolute Gasteiger partial charge is 0.388 e. The van der Waals surface area contributed by atoms with E-state index in [1.165, 1.54) is 12.1 Å². The van der Waals surface area contributed by atoms with Crippen molar-refractivity contribution in [3.63, 3.8) is 0 Å². The van der Waals surface area contributed by atoms with Gasteiger partial charge in [0, 0.05) is 25.7 Å². The van der Waals surface area contributed by atoms with Crippen molar-refractivity contribution in [2.75, 3.05) is 0 Å². The van der Waals surface area contributed by atoms with Crippen LogP contribution in [0.25, 0.3) is 0 Å². The van der Waals surface area contributed by atoms with Gasteiger partial charge in [-0.1, -0.05) is 12.1 Å². The summed E-state index contributed by atoms with van der Waals surface area (Å²) in [6.07, 6.45) is 4.29. The number of nitrogens with one attached hydrogen (secondary N) is 1. The van der Waals surface area contributed by atoms with Crippen molar-refractivity contribution < 1.29 is 14.3 Å². The van der Waals surface area contributed by atoms with E-state index in [0.29, 0.717) is 24.8 Å². The third-order valence-electron chi connectivity index (χ3n) is 3.64. The van der Waals surface area contributed by atoms with Crippen LogP contribution in [0.5, 0.6) is 0 Å². The number of carbonyl (C=O) groups excluding carboxylic acids is 1. The molecule has 2 N–H and O–H groups in total. The smallest absolute Gasteiger partial charge is 0.220 e. The first-order valence-electron chi connectivity index (χ1n) is 7.64. The second-order valence-electron chi connectivity index (χ2n) is 5.79. The summed E-state index contributed by atoms with van der Waals surface area (Å²) in [4.78, 5) is 11.9. The predicted octanol–water partition coefficient (Wildman–Crippen LogP) is 2.12. The number of nitrogens with zero attached hydrogens (tertiary/aromatic N) is 2. The van der Waals surface area contributed by atoms with Crippen LogP contribution in [0, 0.1) is 5.82 Å². The maximum atomic E-state index is 12.9. The molecule has 0 spiro atoms. The van der Waals surface area contributed by atoms with Crippen molar-refractivity contribution in [2.45, 2.75) is 38.3 Å². The second-order valence-corrected chi connectivity index (χ2v) is 5.79. The summed E-state index contributed by atoms with van der Waals surface area (Å²) < 4.78 is 14.6. The Bertz CT molecular complexity index is 640. The fraction of sp³-hybridized carbons (Fsp3) is 0.412. The van der Waals surface area contributed by atoms with Gasteiger partial charge in [-0.05, 0) is 43.0 Å². The van der Waals surface area contributed by atoms with Crippen LogP contribution in [0.2, 0.25) is 0 Å². The third-order valence-corrected chi connectivity index (χ3v) is 3.64. The van der Waals surface area contributed by atoms with E-state index in [9.17, 15) is 14.3 Å². The van der Waals surface area contributed by atoms with Crippen molar-refractivity contribution in [3.05, 3.63) is 53.6 Å². The zero-order chi connectivity index (χ0) is 16.8. The molecule has 124 valence electrons. The topological polar surface area (TPSA) is 67.2 Å². The van der Waals surface area contributed by atoms with Crippen molar-refractivity contribution in [3.8, 4) is 0 Å². The fourth-order valence-corrected chi connectivity index (χ4v) is 2.42. The SMILES string of the molecule is CC(CC(O)c1ccc(F)cc1)NC(=O)CCc1cnn(C)c1. The van der Waals surface area contributed by atoms with Crippen molar-refractivity contribution in [1.82, 2.24) is 15.1 Å². The van der Waals surface area contributed by atoms with Gasteiger partial charge in [0.15, 0.2) is 0 Å². The average molecular weight is 319 g/mol. The monoisotopic (exact) mass is 319 g/mol. The van der Waals surface area contributed by atoms with Gasteiger partial charge in [-0.25, -0.2) is 4.39 Å². The molecule has 1 heterocycles. The minimum absolute atomic E-state index is 0.0624. The molecule has 23 heavy (non-hydrogen) atoms. The molecule has 1 aromatic carbocycles. The van der Waals surface area contributed by atoms with Crippen LogP contribution >= 0.6 is 0 Å². The third kappa shape index (κ3) is 5.49. The number of aryl methyl sites for hydroxylation is 2. The first-order chi connectivity index (χ1) is 10.9. The predicted molar refractivity (Wildman–Crippen MR) is 85.1 cm³/mol. The van der Waals surface area contributed by atoms with E-state index in [0.717, 1.165) is 5.56 Å². The van der Waals surface area contributed by atoms with Crippen LogP contribution in [-0.4, -0.2) is 26.8 Å². The highest BCUT2D eigenvalue weighted by molar-refractivity contribution is 5.76. The molecule has 0 saturated heterocycles. The van der Waals surface area contributed by atoms with Gasteiger partial charge in [-0.2, -0.15) is 5.10 Å². The van der Waals surface area contributed by atoms with Gasteiger partial charge < -0.3 is 10.4 Å². The number of halogens is 1. The molecular weight excluding hydrogens is 297 g/mol. The standard InChI is InChI=1S/C17H22FN3O2/c1-12(9-16(22)14-4-6-15(18)7-5-14)20-17(23)8-3-13-10-19-21(2)11-13/h4-7,10-12,16,22H,3,8-9H2,1-2H3,(H,20,23). The van der Waals surface area contributed by atoms with Crippen LogP contribution in [0.15, 0.2) is 36.7 Å². The molecule has 6 heteroatoms. The molecule has 0 radical (unpaired) electrons. The highest BCUT2D eigenvalue weighted by Crippen LogP contribution is 2.18. The lowest BCUT2D eigenvalue weighted by Crippen LogP contribution is -2.33. The van der Waals surface area contributed by atoms with Gasteiger partial charge in [-0.3, -0.25) is 9.48 Å². The van der Waals surface area contributed by atoms with Crippen molar-refractivity contribution in [2.24, 2.45) is 7.05 Å². The number of hydrogen-bond donors (Lipinski definition) is 2. The molecule has 2 unspecified atom stereocenters. The van der Waals surface area contributed by atoms with Crippen LogP contribution < -0.4 is 5.32 Å². The summed E-state index contributed by atoms with van der Waals surface area (Å²) in [7, 11) is 1.84. The van der Waals surface area contributed by atoms with E-state index >= 15 is 0 Å². The number of benzene rings is 1. The number of hydrogen-bond acceptors (Lipinski definition) is 3. The Morgan fingerprint density at radius 1 is 1.39 bits per heavy atom. The van der Waals surface area contributed by atoms with Gasteiger partial charge in [0.25, 0.3) is 0 Å². The van der Waals surface area contributed by atoms with Crippen molar-refractivity contribution in [1.29, 1.82) is 0 Å². The minimum atomic E-state index is -0.732. The first kappa shape index (κ1) is 17.1. The highest BCUT2D eigenvalue weighted by Gasteiger charge is 2.14. The molecule has 5 nitrogen and oxygen atoms in total. The molecule has 1 amide bonds. The lowest BCUT2D eigenvalue weighted by atomic mass is 10.0. The Balaban J connectivity index is 1.75. The molecule has 0 aliphatic carbocycles. The number of amides is 1. The zero-order valence-electron chi connectivity index (χ0n) is 13.4. The van der Waals surface area contributed by atoms with Crippen LogP contribution in [0.4, 0.5) is 4.39 Å². The molecular formula is C17H22FN3O2. The quantitative estimate of drug-likeness (QED) is 0.821. The molecule has 2 rings (SSSR count). The number of aromatic nitrogens is 2. The zero-order valence-corrected chi connectivity index (χ0v) is 13.4. The number of aliphatic hydroxyl groups excluding tert-OH is 1. The lowest BCUT2D eigenvalue weighted by molar-refractivity contribution is -0.121. The van der Waals surface area contributed by atoms with Crippen LogP contribution in [0.1, 0.15) is 37.0 Å². The van der Waals surface area contributed by atoms with E-state index in [-0.39, 0.29) is 17.8 Å². The normalized spacial score (nSPS) is 13.6. The summed E-state index contributed by atoms with van der Waals surface area (Å²) in [5.74, 6) is -0.398. The summed E-state index contributed by atoms with van der Waals surface area (Å²) in [6, 6.07) is 5.57. The summed E-state index contributed by atoms with van der Waals surface area (Å²) in [5, 5.41) is 17.0. The Morgan fingerprint density at radius 2 is 2.09 bits per heavy atom. The lowest BCUT2D eigenvalue weighted by Gasteiger charge is -2.18. The van der Waals surface area contributed by atoms with Crippen molar-refractivity contribution >= 4 is 5.91 Å². The Kier molecular flexibility index (Phi) is 5.87. The maximum Gasteiger partial charge on any atom is 0.220 e. The Hall–Kier alpha value is -2.21. The van der Waals surface area contributed by atoms with Crippen LogP contribution in [-0.2, 0) is 18.3 Å². The molecule has 0 aliphatic rings. The molecule has 1 aromatic heterocycles. The van der Waals surface area contributed by atoms with Gasteiger partial charge in [-0.15, -0.1) is 0 Å². The number of carbonyl (C=O) groups is 1. The fourth-order valence-electron chi connectivity index (χ4n) is 2.42. The summed E-state index contributed by atoms with van der Waals surface area (Å²) in [6.45, 7) is 1.84. The van der Waals surface area contributed by atoms with E-state index in [4.69, 9.17) is 0 Å². The van der Waals surface area contributed by atoms with Gasteiger partial charge in [0.2, 0.25) is 5.91 Å². The van der Waals surface area contributed by atoms with E-state index in [1.807, 2.05) is 20.2 Å². The first-order valence-corrected chi connectivity index (χ1v) is 7.64. The van der Waals surface area contributed by atoms with Gasteiger partial charge in [0.1, 0.15) is 5.82 Å². The molecule has 2 atom stereocenters. The second kappa shape index (κ2) is 7.87. The molecule has 0 saturated carbocycles. The number of rotatable bonds is 7. The molecule has 0 aliphatic heterocycles. The highest BCUT2D eigenvalue weighted by atomic mass is 19.1. The molecule has 0 fully saturated rings. The van der Waals surface area contributed by atoms with Crippen LogP contribution in [0.3, 0.4) is 0 Å². The summed E-state index contributed by atoms with van der Waals surface area (Å²) in [5.41, 5.74) is 1.66.